The molecule has 0 fully saturated rings. The van der Waals surface area contributed by atoms with Crippen molar-refractivity contribution in [3.63, 3.8) is 0 Å². The number of nitro groups is 1. The summed E-state index contributed by atoms with van der Waals surface area (Å²) in [5.74, 6) is -0.350. The van der Waals surface area contributed by atoms with Crippen molar-refractivity contribution in [1.29, 1.82) is 0 Å². The zero-order chi connectivity index (χ0) is 16.2. The number of hydrogen-bond donors (Lipinski definition) is 2. The van der Waals surface area contributed by atoms with Crippen LogP contribution in [0.5, 0.6) is 0 Å². The van der Waals surface area contributed by atoms with Crippen LogP contribution in [-0.4, -0.2) is 41.7 Å². The maximum absolute atomic E-state index is 11.7. The Bertz CT molecular complexity index is 538. The van der Waals surface area contributed by atoms with Crippen molar-refractivity contribution in [3.05, 3.63) is 33.9 Å². The molecule has 0 saturated heterocycles. The number of carbonyl (C=O) groups excluding carboxylic acids is 1. The lowest BCUT2D eigenvalue weighted by Crippen LogP contribution is -2.36. The van der Waals surface area contributed by atoms with Crippen LogP contribution < -0.4 is 10.2 Å². The molecule has 2 N–H and O–H groups in total. The second-order valence-electron chi connectivity index (χ2n) is 5.49. The number of rotatable bonds is 6. The minimum Gasteiger partial charge on any atom is -0.389 e. The van der Waals surface area contributed by atoms with E-state index in [-0.39, 0.29) is 23.7 Å². The van der Waals surface area contributed by atoms with Gasteiger partial charge in [-0.25, -0.2) is 0 Å². The van der Waals surface area contributed by atoms with E-state index in [0.29, 0.717) is 12.2 Å². The third kappa shape index (κ3) is 4.71. The fourth-order valence-electron chi connectivity index (χ4n) is 2.06. The van der Waals surface area contributed by atoms with Gasteiger partial charge in [-0.1, -0.05) is 0 Å². The number of benzene rings is 1. The van der Waals surface area contributed by atoms with Crippen molar-refractivity contribution in [3.8, 4) is 0 Å². The molecule has 116 valence electrons. The first kappa shape index (κ1) is 16.9. The van der Waals surface area contributed by atoms with Crippen LogP contribution in [0.4, 0.5) is 11.4 Å². The molecule has 0 unspecified atom stereocenters. The van der Waals surface area contributed by atoms with Crippen molar-refractivity contribution in [1.82, 2.24) is 5.32 Å². The zero-order valence-electron chi connectivity index (χ0n) is 12.7. The number of aliphatic hydroxyl groups is 1. The second kappa shape index (κ2) is 6.53. The van der Waals surface area contributed by atoms with E-state index in [0.717, 1.165) is 0 Å². The summed E-state index contributed by atoms with van der Waals surface area (Å²) in [5, 5.41) is 23.6. The number of nitro benzene ring substituents is 1. The predicted octanol–water partition coefficient (Wildman–Crippen LogP) is 1.55. The van der Waals surface area contributed by atoms with E-state index >= 15 is 0 Å². The summed E-state index contributed by atoms with van der Waals surface area (Å²) in [6, 6.07) is 4.31. The van der Waals surface area contributed by atoms with E-state index in [1.807, 2.05) is 0 Å². The number of amides is 1. The van der Waals surface area contributed by atoms with Crippen LogP contribution in [0.2, 0.25) is 0 Å². The van der Waals surface area contributed by atoms with E-state index in [9.17, 15) is 20.0 Å². The highest BCUT2D eigenvalue weighted by atomic mass is 16.6. The molecule has 1 aromatic rings. The van der Waals surface area contributed by atoms with E-state index in [1.165, 1.54) is 18.2 Å². The van der Waals surface area contributed by atoms with Crippen molar-refractivity contribution in [2.45, 2.75) is 26.4 Å². The molecule has 0 spiro atoms. The van der Waals surface area contributed by atoms with Gasteiger partial charge in [-0.05, 0) is 32.9 Å². The number of carbonyl (C=O) groups is 1. The molecule has 0 aliphatic rings. The van der Waals surface area contributed by atoms with Crippen LogP contribution in [0.1, 0.15) is 31.1 Å². The van der Waals surface area contributed by atoms with Gasteiger partial charge in [0.25, 0.3) is 11.6 Å². The summed E-state index contributed by atoms with van der Waals surface area (Å²) in [7, 11) is 1.66. The first-order valence-corrected chi connectivity index (χ1v) is 6.66. The molecular weight excluding hydrogens is 274 g/mol. The molecule has 7 heteroatoms. The van der Waals surface area contributed by atoms with Crippen LogP contribution in [0.15, 0.2) is 18.2 Å². The van der Waals surface area contributed by atoms with E-state index in [4.69, 9.17) is 0 Å². The van der Waals surface area contributed by atoms with Crippen molar-refractivity contribution in [2.75, 3.05) is 25.0 Å². The summed E-state index contributed by atoms with van der Waals surface area (Å²) in [5.41, 5.74) is -0.550. The minimum absolute atomic E-state index is 0.162. The summed E-state index contributed by atoms with van der Waals surface area (Å²) >= 11 is 0. The van der Waals surface area contributed by atoms with Gasteiger partial charge in [-0.3, -0.25) is 14.9 Å². The molecule has 0 atom stereocenters. The molecule has 21 heavy (non-hydrogen) atoms. The normalized spacial score (nSPS) is 11.1. The number of anilines is 1. The Morgan fingerprint density at radius 1 is 1.48 bits per heavy atom. The number of nitrogens with one attached hydrogen (secondary N) is 1. The van der Waals surface area contributed by atoms with Crippen LogP contribution in [0, 0.1) is 10.1 Å². The van der Waals surface area contributed by atoms with E-state index in [1.54, 1.807) is 32.7 Å². The number of nitrogens with zero attached hydrogens (tertiary/aromatic N) is 2. The molecule has 0 radical (unpaired) electrons. The Balaban J connectivity index is 3.16. The summed E-state index contributed by atoms with van der Waals surface area (Å²) < 4.78 is 0. The van der Waals surface area contributed by atoms with Crippen molar-refractivity contribution in [2.24, 2.45) is 0 Å². The lowest BCUT2D eigenvalue weighted by atomic mass is 10.1. The largest absolute Gasteiger partial charge is 0.389 e. The van der Waals surface area contributed by atoms with Gasteiger partial charge in [0.05, 0.1) is 10.5 Å². The Labute approximate surface area is 123 Å². The molecule has 1 amide bonds. The third-order valence-corrected chi connectivity index (χ3v) is 2.81. The average Bonchev–Trinajstić information content (AvgIpc) is 2.36. The Morgan fingerprint density at radius 2 is 2.10 bits per heavy atom. The second-order valence-corrected chi connectivity index (χ2v) is 5.49. The Morgan fingerprint density at radius 3 is 2.57 bits per heavy atom. The van der Waals surface area contributed by atoms with Gasteiger partial charge in [0, 0.05) is 31.8 Å². The molecule has 1 rings (SSSR count). The fourth-order valence-corrected chi connectivity index (χ4v) is 2.06. The van der Waals surface area contributed by atoms with Crippen LogP contribution in [0.3, 0.4) is 0 Å². The Hall–Kier alpha value is -2.15. The predicted molar refractivity (Wildman–Crippen MR) is 80.7 cm³/mol. The van der Waals surface area contributed by atoms with E-state index < -0.39 is 10.5 Å². The lowest BCUT2D eigenvalue weighted by Gasteiger charge is -2.27. The summed E-state index contributed by atoms with van der Waals surface area (Å²) in [4.78, 5) is 24.0. The highest BCUT2D eigenvalue weighted by molar-refractivity contribution is 5.95. The lowest BCUT2D eigenvalue weighted by molar-refractivity contribution is -0.384. The Kier molecular flexibility index (Phi) is 5.26. The molecule has 1 aromatic carbocycles. The topological polar surface area (TPSA) is 95.7 Å². The first-order chi connectivity index (χ1) is 9.65. The van der Waals surface area contributed by atoms with E-state index in [2.05, 4.69) is 5.32 Å². The first-order valence-electron chi connectivity index (χ1n) is 6.66. The highest BCUT2D eigenvalue weighted by Gasteiger charge is 2.23. The maximum Gasteiger partial charge on any atom is 0.293 e. The molecule has 7 nitrogen and oxygen atoms in total. The number of hydrogen-bond acceptors (Lipinski definition) is 5. The minimum atomic E-state index is -0.985. The smallest absolute Gasteiger partial charge is 0.293 e. The monoisotopic (exact) mass is 295 g/mol. The van der Waals surface area contributed by atoms with Gasteiger partial charge in [0.2, 0.25) is 0 Å². The quantitative estimate of drug-likeness (QED) is 0.613. The van der Waals surface area contributed by atoms with Gasteiger partial charge in [-0.15, -0.1) is 0 Å². The highest BCUT2D eigenvalue weighted by Crippen LogP contribution is 2.29. The van der Waals surface area contributed by atoms with Gasteiger partial charge < -0.3 is 15.3 Å². The van der Waals surface area contributed by atoms with Gasteiger partial charge in [0.1, 0.15) is 5.69 Å². The molecule has 0 saturated carbocycles. The van der Waals surface area contributed by atoms with Crippen LogP contribution >= 0.6 is 0 Å². The standard InChI is InChI=1S/C14H21N3O4/c1-5-15-13(18)10-6-7-11(12(8-10)17(20)21)16(4)9-14(2,3)19/h6-8,19H,5,9H2,1-4H3,(H,15,18). The molecular formula is C14H21N3O4. The van der Waals surface area contributed by atoms with Gasteiger partial charge in [0.15, 0.2) is 0 Å². The molecule has 0 aromatic heterocycles. The fraction of sp³-hybridized carbons (Fsp3) is 0.500. The van der Waals surface area contributed by atoms with Gasteiger partial charge >= 0.3 is 0 Å². The molecule has 0 aliphatic heterocycles. The SMILES string of the molecule is CCNC(=O)c1ccc(N(C)CC(C)(C)O)c([N+](=O)[O-])c1. The average molecular weight is 295 g/mol. The summed E-state index contributed by atoms with van der Waals surface area (Å²) in [6.07, 6.45) is 0. The maximum atomic E-state index is 11.7. The van der Waals surface area contributed by atoms with Crippen LogP contribution in [-0.2, 0) is 0 Å². The van der Waals surface area contributed by atoms with Gasteiger partial charge in [-0.2, -0.15) is 0 Å². The van der Waals surface area contributed by atoms with Crippen molar-refractivity contribution < 1.29 is 14.8 Å². The molecule has 0 aliphatic carbocycles. The number of likely N-dealkylation sites (N-methyl/N-ethyl adjacent to an activating group) is 1. The molecule has 0 heterocycles. The van der Waals surface area contributed by atoms with Crippen LogP contribution in [0.25, 0.3) is 0 Å². The zero-order valence-corrected chi connectivity index (χ0v) is 12.7. The molecule has 0 bridgehead atoms. The van der Waals surface area contributed by atoms with Crippen molar-refractivity contribution >= 4 is 17.3 Å². The summed E-state index contributed by atoms with van der Waals surface area (Å²) in [6.45, 7) is 5.70. The third-order valence-electron chi connectivity index (χ3n) is 2.81.